The van der Waals surface area contributed by atoms with Crippen LogP contribution in [0, 0.1) is 11.7 Å². The Kier molecular flexibility index (Phi) is 5.49. The number of imidazole rings is 1. The number of hydrogen-bond acceptors (Lipinski definition) is 3. The third-order valence-corrected chi connectivity index (χ3v) is 5.96. The van der Waals surface area contributed by atoms with Crippen LogP contribution in [0.2, 0.25) is 0 Å². The number of carbonyl (C=O) groups excluding carboxylic acids is 1. The van der Waals surface area contributed by atoms with Crippen LogP contribution in [0.25, 0.3) is 5.69 Å². The zero-order chi connectivity index (χ0) is 19.7. The Bertz CT molecular complexity index is 833. The summed E-state index contributed by atoms with van der Waals surface area (Å²) in [7, 11) is 0. The SMILES string of the molecule is C[C@@H]1CCC[C@@H](O[C@H](C)C(=O)N2CCc3c(ncn3-c3ccc(F)cc3)C2)C1. The van der Waals surface area contributed by atoms with E-state index in [1.54, 1.807) is 18.5 Å². The van der Waals surface area contributed by atoms with Crippen LogP contribution in [0.5, 0.6) is 0 Å². The molecule has 0 saturated heterocycles. The van der Waals surface area contributed by atoms with Crippen LogP contribution in [-0.2, 0) is 22.5 Å². The highest BCUT2D eigenvalue weighted by Crippen LogP contribution is 2.27. The highest BCUT2D eigenvalue weighted by Gasteiger charge is 2.30. The Balaban J connectivity index is 1.41. The third-order valence-electron chi connectivity index (χ3n) is 5.96. The Hall–Kier alpha value is -2.21. The highest BCUT2D eigenvalue weighted by atomic mass is 19.1. The van der Waals surface area contributed by atoms with Crippen molar-refractivity contribution < 1.29 is 13.9 Å². The summed E-state index contributed by atoms with van der Waals surface area (Å²) >= 11 is 0. The summed E-state index contributed by atoms with van der Waals surface area (Å²) in [5.74, 6) is 0.463. The molecule has 1 aliphatic heterocycles. The molecule has 5 nitrogen and oxygen atoms in total. The van der Waals surface area contributed by atoms with Crippen molar-refractivity contribution in [2.45, 2.75) is 64.7 Å². The van der Waals surface area contributed by atoms with Crippen molar-refractivity contribution in [3.63, 3.8) is 0 Å². The molecule has 150 valence electrons. The number of nitrogens with zero attached hydrogens (tertiary/aromatic N) is 3. The fourth-order valence-electron chi connectivity index (χ4n) is 4.43. The number of fused-ring (bicyclic) bond motifs is 1. The molecule has 0 bridgehead atoms. The number of amides is 1. The Labute approximate surface area is 165 Å². The van der Waals surface area contributed by atoms with E-state index in [2.05, 4.69) is 11.9 Å². The summed E-state index contributed by atoms with van der Waals surface area (Å²) in [6, 6.07) is 6.39. The maximum Gasteiger partial charge on any atom is 0.251 e. The van der Waals surface area contributed by atoms with Gasteiger partial charge in [0.2, 0.25) is 0 Å². The van der Waals surface area contributed by atoms with E-state index < -0.39 is 6.10 Å². The molecule has 28 heavy (non-hydrogen) atoms. The van der Waals surface area contributed by atoms with Crippen molar-refractivity contribution in [2.24, 2.45) is 5.92 Å². The highest BCUT2D eigenvalue weighted by molar-refractivity contribution is 5.80. The van der Waals surface area contributed by atoms with E-state index in [-0.39, 0.29) is 17.8 Å². The second-order valence-electron chi connectivity index (χ2n) is 8.17. The molecule has 2 aliphatic rings. The maximum absolute atomic E-state index is 13.2. The van der Waals surface area contributed by atoms with Gasteiger partial charge in [-0.15, -0.1) is 0 Å². The monoisotopic (exact) mass is 385 g/mol. The van der Waals surface area contributed by atoms with Crippen LogP contribution in [0.15, 0.2) is 30.6 Å². The van der Waals surface area contributed by atoms with E-state index in [1.165, 1.54) is 25.0 Å². The number of ether oxygens (including phenoxy) is 1. The first-order chi connectivity index (χ1) is 13.5. The molecule has 0 unspecified atom stereocenters. The minimum atomic E-state index is -0.420. The smallest absolute Gasteiger partial charge is 0.251 e. The lowest BCUT2D eigenvalue weighted by molar-refractivity contribution is -0.149. The second-order valence-corrected chi connectivity index (χ2v) is 8.17. The summed E-state index contributed by atoms with van der Waals surface area (Å²) in [5.41, 5.74) is 2.88. The standard InChI is InChI=1S/C22H28FN3O2/c1-15-4-3-5-19(12-15)28-16(2)22(27)25-11-10-21-20(13-25)24-14-26(21)18-8-6-17(23)7-9-18/h6-9,14-16,19H,3-5,10-13H2,1-2H3/t15-,16-,19-/m1/s1. The molecule has 2 aromatic rings. The topological polar surface area (TPSA) is 47.4 Å². The molecule has 1 fully saturated rings. The van der Waals surface area contributed by atoms with Gasteiger partial charge in [-0.1, -0.05) is 19.8 Å². The molecule has 2 heterocycles. The van der Waals surface area contributed by atoms with E-state index in [1.807, 2.05) is 16.4 Å². The van der Waals surface area contributed by atoms with Crippen molar-refractivity contribution in [1.82, 2.24) is 14.5 Å². The molecule has 1 saturated carbocycles. The lowest BCUT2D eigenvalue weighted by Gasteiger charge is -2.33. The molecule has 3 atom stereocenters. The zero-order valence-electron chi connectivity index (χ0n) is 16.6. The van der Waals surface area contributed by atoms with Gasteiger partial charge in [0.1, 0.15) is 11.9 Å². The molecular formula is C22H28FN3O2. The molecule has 1 aromatic heterocycles. The van der Waals surface area contributed by atoms with Crippen LogP contribution in [0.3, 0.4) is 0 Å². The fraction of sp³-hybridized carbons (Fsp3) is 0.545. The van der Waals surface area contributed by atoms with Crippen LogP contribution < -0.4 is 0 Å². The first-order valence-corrected chi connectivity index (χ1v) is 10.3. The average molecular weight is 385 g/mol. The number of carbonyl (C=O) groups is 1. The van der Waals surface area contributed by atoms with Gasteiger partial charge in [0.05, 0.1) is 24.7 Å². The molecule has 0 spiro atoms. The summed E-state index contributed by atoms with van der Waals surface area (Å²) in [6.45, 7) is 5.27. The van der Waals surface area contributed by atoms with Crippen LogP contribution >= 0.6 is 0 Å². The summed E-state index contributed by atoms with van der Waals surface area (Å²) < 4.78 is 21.3. The quantitative estimate of drug-likeness (QED) is 0.802. The van der Waals surface area contributed by atoms with E-state index in [0.29, 0.717) is 19.0 Å². The summed E-state index contributed by atoms with van der Waals surface area (Å²) in [6.07, 6.45) is 6.80. The van der Waals surface area contributed by atoms with Gasteiger partial charge >= 0.3 is 0 Å². The Morgan fingerprint density at radius 3 is 2.82 bits per heavy atom. The lowest BCUT2D eigenvalue weighted by Crippen LogP contribution is -2.43. The van der Waals surface area contributed by atoms with Gasteiger partial charge in [-0.3, -0.25) is 4.79 Å². The van der Waals surface area contributed by atoms with Crippen LogP contribution in [0.1, 0.15) is 50.9 Å². The molecule has 4 rings (SSSR count). The van der Waals surface area contributed by atoms with Gasteiger partial charge in [-0.25, -0.2) is 9.37 Å². The van der Waals surface area contributed by atoms with Gasteiger partial charge in [0.25, 0.3) is 5.91 Å². The van der Waals surface area contributed by atoms with Crippen molar-refractivity contribution in [1.29, 1.82) is 0 Å². The van der Waals surface area contributed by atoms with E-state index in [4.69, 9.17) is 4.74 Å². The van der Waals surface area contributed by atoms with E-state index in [9.17, 15) is 9.18 Å². The predicted molar refractivity (Wildman–Crippen MR) is 105 cm³/mol. The Morgan fingerprint density at radius 2 is 2.07 bits per heavy atom. The zero-order valence-corrected chi connectivity index (χ0v) is 16.6. The third kappa shape index (κ3) is 3.97. The second kappa shape index (κ2) is 8.03. The number of halogens is 1. The largest absolute Gasteiger partial charge is 0.365 e. The van der Waals surface area contributed by atoms with Gasteiger partial charge in [-0.05, 0) is 49.9 Å². The lowest BCUT2D eigenvalue weighted by atomic mass is 9.88. The van der Waals surface area contributed by atoms with Crippen molar-refractivity contribution in [2.75, 3.05) is 6.54 Å². The van der Waals surface area contributed by atoms with Crippen LogP contribution in [0.4, 0.5) is 4.39 Å². The van der Waals surface area contributed by atoms with E-state index >= 15 is 0 Å². The number of benzene rings is 1. The van der Waals surface area contributed by atoms with Crippen LogP contribution in [-0.4, -0.2) is 39.1 Å². The number of aromatic nitrogens is 2. The predicted octanol–water partition coefficient (Wildman–Crippen LogP) is 3.88. The molecule has 0 N–H and O–H groups in total. The summed E-state index contributed by atoms with van der Waals surface area (Å²) in [4.78, 5) is 19.3. The fourth-order valence-corrected chi connectivity index (χ4v) is 4.43. The van der Waals surface area contributed by atoms with Crippen molar-refractivity contribution >= 4 is 5.91 Å². The van der Waals surface area contributed by atoms with Gasteiger partial charge in [0, 0.05) is 24.3 Å². The first kappa shape index (κ1) is 19.1. The summed E-state index contributed by atoms with van der Waals surface area (Å²) in [5, 5.41) is 0. The first-order valence-electron chi connectivity index (χ1n) is 10.3. The minimum Gasteiger partial charge on any atom is -0.365 e. The van der Waals surface area contributed by atoms with Gasteiger partial charge in [-0.2, -0.15) is 0 Å². The van der Waals surface area contributed by atoms with Gasteiger partial charge in [0.15, 0.2) is 0 Å². The molecule has 1 aliphatic carbocycles. The molecular weight excluding hydrogens is 357 g/mol. The van der Waals surface area contributed by atoms with E-state index in [0.717, 1.165) is 36.3 Å². The Morgan fingerprint density at radius 1 is 1.29 bits per heavy atom. The van der Waals surface area contributed by atoms with Crippen molar-refractivity contribution in [3.8, 4) is 5.69 Å². The maximum atomic E-state index is 13.2. The molecule has 0 radical (unpaired) electrons. The minimum absolute atomic E-state index is 0.0419. The normalized spacial score (nSPS) is 23.3. The van der Waals surface area contributed by atoms with Gasteiger partial charge < -0.3 is 14.2 Å². The average Bonchev–Trinajstić information content (AvgIpc) is 3.11. The number of rotatable bonds is 4. The molecule has 6 heteroatoms. The number of hydrogen-bond donors (Lipinski definition) is 0. The molecule has 1 aromatic carbocycles. The molecule has 1 amide bonds. The van der Waals surface area contributed by atoms with Crippen molar-refractivity contribution in [3.05, 3.63) is 47.8 Å².